The lowest BCUT2D eigenvalue weighted by Crippen LogP contribution is -2.41. The van der Waals surface area contributed by atoms with Gasteiger partial charge < -0.3 is 19.9 Å². The second-order valence-electron chi connectivity index (χ2n) is 9.37. The Morgan fingerprint density at radius 3 is 2.74 bits per heavy atom. The Morgan fingerprint density at radius 2 is 2.03 bits per heavy atom. The quantitative estimate of drug-likeness (QED) is 0.598. The van der Waals surface area contributed by atoms with Crippen LogP contribution >= 0.6 is 0 Å². The van der Waals surface area contributed by atoms with Crippen molar-refractivity contribution in [3.05, 3.63) is 52.3 Å². The summed E-state index contributed by atoms with van der Waals surface area (Å²) < 4.78 is 12.9. The van der Waals surface area contributed by atoms with Gasteiger partial charge in [-0.25, -0.2) is 9.59 Å². The van der Waals surface area contributed by atoms with E-state index in [1.165, 1.54) is 24.3 Å². The van der Waals surface area contributed by atoms with Gasteiger partial charge in [0.1, 0.15) is 0 Å². The van der Waals surface area contributed by atoms with Gasteiger partial charge in [-0.2, -0.15) is 5.10 Å². The molecule has 34 heavy (non-hydrogen) atoms. The molecule has 1 aromatic carbocycles. The van der Waals surface area contributed by atoms with Crippen molar-refractivity contribution in [3.63, 3.8) is 0 Å². The number of ether oxygens (including phenoxy) is 2. The van der Waals surface area contributed by atoms with Crippen molar-refractivity contribution in [3.8, 4) is 0 Å². The molecule has 2 aromatic rings. The molecule has 0 bridgehead atoms. The van der Waals surface area contributed by atoms with Crippen molar-refractivity contribution in [2.75, 3.05) is 26.4 Å². The standard InChI is InChI=1S/C25H31N3O6/c1-3-19-21-20(12-25(15-26-22(21)29)7-9-33-10-8-25)28(27-19)13-16(2)14-34-24(32)18-6-4-5-17(11-18)23(30)31/h4-6,11,16H,3,7-10,12-15H2,1-2H3,(H,26,29)(H,30,31). The Morgan fingerprint density at radius 1 is 1.29 bits per heavy atom. The molecule has 9 nitrogen and oxygen atoms in total. The van der Waals surface area contributed by atoms with Gasteiger partial charge in [0.2, 0.25) is 0 Å². The van der Waals surface area contributed by atoms with E-state index in [2.05, 4.69) is 5.32 Å². The van der Waals surface area contributed by atoms with Gasteiger partial charge in [0.05, 0.1) is 34.7 Å². The fourth-order valence-electron chi connectivity index (χ4n) is 4.75. The highest BCUT2D eigenvalue weighted by molar-refractivity contribution is 5.97. The number of hydrogen-bond donors (Lipinski definition) is 2. The predicted octanol–water partition coefficient (Wildman–Crippen LogP) is 2.72. The normalized spacial score (nSPS) is 18.0. The minimum absolute atomic E-state index is 0.0349. The molecule has 9 heteroatoms. The molecule has 1 fully saturated rings. The molecule has 1 spiro atoms. The molecule has 3 heterocycles. The fourth-order valence-corrected chi connectivity index (χ4v) is 4.75. The highest BCUT2D eigenvalue weighted by Gasteiger charge is 2.39. The third-order valence-electron chi connectivity index (χ3n) is 6.74. The predicted molar refractivity (Wildman–Crippen MR) is 123 cm³/mol. The highest BCUT2D eigenvalue weighted by atomic mass is 16.5. The van der Waals surface area contributed by atoms with Crippen LogP contribution in [0.3, 0.4) is 0 Å². The number of hydrogen-bond acceptors (Lipinski definition) is 6. The van der Waals surface area contributed by atoms with Crippen LogP contribution in [0.1, 0.15) is 69.2 Å². The van der Waals surface area contributed by atoms with Crippen LogP contribution < -0.4 is 5.32 Å². The van der Waals surface area contributed by atoms with Crippen molar-refractivity contribution in [2.45, 2.75) is 46.1 Å². The lowest BCUT2D eigenvalue weighted by Gasteiger charge is -2.36. The first-order chi connectivity index (χ1) is 16.3. The number of esters is 1. The van der Waals surface area contributed by atoms with Crippen molar-refractivity contribution >= 4 is 17.8 Å². The number of aromatic nitrogens is 2. The Balaban J connectivity index is 1.48. The number of carboxylic acids is 1. The molecule has 0 radical (unpaired) electrons. The van der Waals surface area contributed by atoms with Gasteiger partial charge in [-0.15, -0.1) is 0 Å². The summed E-state index contributed by atoms with van der Waals surface area (Å²) in [6, 6.07) is 5.79. The molecule has 2 aliphatic heterocycles. The molecule has 1 amide bonds. The maximum absolute atomic E-state index is 13.0. The van der Waals surface area contributed by atoms with E-state index in [1.54, 1.807) is 0 Å². The molecular formula is C25H31N3O6. The Kier molecular flexibility index (Phi) is 7.02. The van der Waals surface area contributed by atoms with Crippen LogP contribution in [0.2, 0.25) is 0 Å². The van der Waals surface area contributed by atoms with Crippen molar-refractivity contribution in [1.82, 2.24) is 15.1 Å². The molecule has 1 aromatic heterocycles. The number of aromatic carboxylic acids is 1. The van der Waals surface area contributed by atoms with Crippen molar-refractivity contribution in [2.24, 2.45) is 11.3 Å². The number of carbonyl (C=O) groups excluding carboxylic acids is 2. The lowest BCUT2D eigenvalue weighted by molar-refractivity contribution is 0.0151. The van der Waals surface area contributed by atoms with Gasteiger partial charge in [-0.1, -0.05) is 19.9 Å². The van der Waals surface area contributed by atoms with E-state index < -0.39 is 11.9 Å². The van der Waals surface area contributed by atoms with E-state index in [0.29, 0.717) is 38.3 Å². The number of nitrogens with zero attached hydrogens (tertiary/aromatic N) is 2. The fraction of sp³-hybridized carbons (Fsp3) is 0.520. The van der Waals surface area contributed by atoms with Crippen LogP contribution in [0.25, 0.3) is 0 Å². The number of fused-ring (bicyclic) bond motifs is 1. The molecule has 4 rings (SSSR count). The van der Waals surface area contributed by atoms with Crippen LogP contribution in [0.4, 0.5) is 0 Å². The van der Waals surface area contributed by atoms with Gasteiger partial charge in [0.15, 0.2) is 0 Å². The SMILES string of the molecule is CCc1nn(CC(C)COC(=O)c2cccc(C(=O)O)c2)c2c1C(=O)NCC1(CCOCC1)C2. The summed E-state index contributed by atoms with van der Waals surface area (Å²) in [5.74, 6) is -1.79. The monoisotopic (exact) mass is 469 g/mol. The first-order valence-electron chi connectivity index (χ1n) is 11.8. The maximum atomic E-state index is 13.0. The van der Waals surface area contributed by atoms with Crippen molar-refractivity contribution in [1.29, 1.82) is 0 Å². The number of amides is 1. The number of carbonyl (C=O) groups is 3. The van der Waals surface area contributed by atoms with Gasteiger partial charge in [-0.3, -0.25) is 9.48 Å². The zero-order valence-electron chi connectivity index (χ0n) is 19.6. The lowest BCUT2D eigenvalue weighted by atomic mass is 9.76. The van der Waals surface area contributed by atoms with Crippen molar-refractivity contribution < 1.29 is 29.0 Å². The average molecular weight is 470 g/mol. The van der Waals surface area contributed by atoms with Gasteiger partial charge in [0.25, 0.3) is 5.91 Å². The third kappa shape index (κ3) is 4.99. The third-order valence-corrected chi connectivity index (χ3v) is 6.74. The number of aryl methyl sites for hydroxylation is 1. The first kappa shape index (κ1) is 23.9. The largest absolute Gasteiger partial charge is 0.478 e. The summed E-state index contributed by atoms with van der Waals surface area (Å²) in [7, 11) is 0. The van der Waals surface area contributed by atoms with Crippen LogP contribution in [-0.4, -0.2) is 59.1 Å². The topological polar surface area (TPSA) is 120 Å². The van der Waals surface area contributed by atoms with E-state index in [-0.39, 0.29) is 35.0 Å². The second-order valence-corrected chi connectivity index (χ2v) is 9.37. The smallest absolute Gasteiger partial charge is 0.338 e. The Bertz CT molecular complexity index is 1090. The van der Waals surface area contributed by atoms with E-state index in [0.717, 1.165) is 30.7 Å². The zero-order chi connectivity index (χ0) is 24.3. The minimum atomic E-state index is -1.10. The summed E-state index contributed by atoms with van der Waals surface area (Å²) >= 11 is 0. The van der Waals surface area contributed by atoms with Crippen LogP contribution in [-0.2, 0) is 28.9 Å². The highest BCUT2D eigenvalue weighted by Crippen LogP contribution is 2.37. The molecule has 2 aliphatic rings. The molecule has 182 valence electrons. The summed E-state index contributed by atoms with van der Waals surface area (Å²) in [6.45, 7) is 6.62. The van der Waals surface area contributed by atoms with Gasteiger partial charge in [-0.05, 0) is 49.3 Å². The summed E-state index contributed by atoms with van der Waals surface area (Å²) in [6.07, 6.45) is 3.19. The van der Waals surface area contributed by atoms with Gasteiger partial charge in [0, 0.05) is 32.2 Å². The molecule has 1 saturated heterocycles. The van der Waals surface area contributed by atoms with E-state index in [4.69, 9.17) is 19.7 Å². The molecular weight excluding hydrogens is 438 g/mol. The Hall–Kier alpha value is -3.20. The van der Waals surface area contributed by atoms with Crippen LogP contribution in [0.15, 0.2) is 24.3 Å². The van der Waals surface area contributed by atoms with E-state index in [1.807, 2.05) is 18.5 Å². The molecule has 1 atom stereocenters. The molecule has 2 N–H and O–H groups in total. The summed E-state index contributed by atoms with van der Waals surface area (Å²) in [5, 5.41) is 17.0. The summed E-state index contributed by atoms with van der Waals surface area (Å²) in [4.78, 5) is 36.6. The van der Waals surface area contributed by atoms with Gasteiger partial charge >= 0.3 is 11.9 Å². The zero-order valence-corrected chi connectivity index (χ0v) is 19.6. The minimum Gasteiger partial charge on any atom is -0.478 e. The van der Waals surface area contributed by atoms with Crippen LogP contribution in [0, 0.1) is 11.3 Å². The number of carboxylic acid groups (broad SMARTS) is 1. The second kappa shape index (κ2) is 9.97. The molecule has 0 aliphatic carbocycles. The number of benzene rings is 1. The Labute approximate surface area is 198 Å². The van der Waals surface area contributed by atoms with E-state index in [9.17, 15) is 14.4 Å². The number of rotatable bonds is 7. The van der Waals surface area contributed by atoms with Crippen LogP contribution in [0.5, 0.6) is 0 Å². The summed E-state index contributed by atoms with van der Waals surface area (Å²) in [5.41, 5.74) is 2.61. The average Bonchev–Trinajstić information content (AvgIpc) is 3.11. The number of nitrogens with one attached hydrogen (secondary N) is 1. The first-order valence-corrected chi connectivity index (χ1v) is 11.8. The maximum Gasteiger partial charge on any atom is 0.338 e. The molecule has 0 saturated carbocycles. The molecule has 1 unspecified atom stereocenters. The van der Waals surface area contributed by atoms with E-state index >= 15 is 0 Å².